The van der Waals surface area contributed by atoms with Crippen LogP contribution in [-0.4, -0.2) is 35.7 Å². The van der Waals surface area contributed by atoms with Crippen LogP contribution in [0.1, 0.15) is 29.6 Å². The summed E-state index contributed by atoms with van der Waals surface area (Å²) in [6, 6.07) is 16.4. The first-order valence-corrected chi connectivity index (χ1v) is 8.13. The summed E-state index contributed by atoms with van der Waals surface area (Å²) in [6.45, 7) is 2.58. The number of benzene rings is 2. The minimum atomic E-state index is -0.167. The summed E-state index contributed by atoms with van der Waals surface area (Å²) in [5, 5.41) is 10.0. The summed E-state index contributed by atoms with van der Waals surface area (Å²) in [6.07, 6.45) is 3.61. The van der Waals surface area contributed by atoms with Crippen LogP contribution < -0.4 is 4.90 Å². The van der Waals surface area contributed by atoms with Crippen molar-refractivity contribution in [3.63, 3.8) is 0 Å². The molecule has 2 aromatic rings. The van der Waals surface area contributed by atoms with Crippen LogP contribution in [0.2, 0.25) is 0 Å². The predicted octanol–water partition coefficient (Wildman–Crippen LogP) is 3.48. The molecule has 0 radical (unpaired) electrons. The maximum atomic E-state index is 13.0. The standard InChI is InChI=1S/C19H22N2O2/c22-18-12-6-5-11-17(18)19(23)21(16-9-3-1-4-10-16)15-20-13-7-2-8-14-20/h1,3-6,9-12,22H,2,7-8,13-15H2. The fourth-order valence-electron chi connectivity index (χ4n) is 2.97. The van der Waals surface area contributed by atoms with Crippen LogP contribution in [0.15, 0.2) is 54.6 Å². The largest absolute Gasteiger partial charge is 0.507 e. The summed E-state index contributed by atoms with van der Waals surface area (Å²) in [7, 11) is 0. The van der Waals surface area contributed by atoms with Gasteiger partial charge in [-0.2, -0.15) is 0 Å². The molecule has 1 amide bonds. The molecule has 0 aromatic heterocycles. The minimum absolute atomic E-state index is 0.0251. The molecule has 1 saturated heterocycles. The molecule has 120 valence electrons. The van der Waals surface area contributed by atoms with E-state index in [0.29, 0.717) is 12.2 Å². The van der Waals surface area contributed by atoms with Crippen molar-refractivity contribution in [2.24, 2.45) is 0 Å². The number of anilines is 1. The molecule has 23 heavy (non-hydrogen) atoms. The lowest BCUT2D eigenvalue weighted by atomic mass is 10.1. The summed E-state index contributed by atoms with van der Waals surface area (Å²) in [4.78, 5) is 17.0. The fraction of sp³-hybridized carbons (Fsp3) is 0.316. The third kappa shape index (κ3) is 3.71. The van der Waals surface area contributed by atoms with Gasteiger partial charge in [-0.3, -0.25) is 14.6 Å². The lowest BCUT2D eigenvalue weighted by Gasteiger charge is -2.33. The van der Waals surface area contributed by atoms with Gasteiger partial charge in [-0.25, -0.2) is 0 Å². The first kappa shape index (κ1) is 15.6. The second kappa shape index (κ2) is 7.29. The molecule has 3 rings (SSSR count). The third-order valence-corrected chi connectivity index (χ3v) is 4.24. The van der Waals surface area contributed by atoms with Crippen molar-refractivity contribution >= 4 is 11.6 Å². The van der Waals surface area contributed by atoms with E-state index in [9.17, 15) is 9.90 Å². The van der Waals surface area contributed by atoms with E-state index in [1.54, 1.807) is 29.2 Å². The highest BCUT2D eigenvalue weighted by molar-refractivity contribution is 6.07. The van der Waals surface area contributed by atoms with Crippen LogP contribution in [0, 0.1) is 0 Å². The molecule has 1 aliphatic rings. The first-order valence-electron chi connectivity index (χ1n) is 8.13. The van der Waals surface area contributed by atoms with Crippen LogP contribution in [0.5, 0.6) is 5.75 Å². The van der Waals surface area contributed by atoms with Crippen LogP contribution in [0.4, 0.5) is 5.69 Å². The van der Waals surface area contributed by atoms with Crippen LogP contribution in [-0.2, 0) is 0 Å². The van der Waals surface area contributed by atoms with Crippen molar-refractivity contribution in [2.45, 2.75) is 19.3 Å². The van der Waals surface area contributed by atoms with Gasteiger partial charge in [-0.15, -0.1) is 0 Å². The Labute approximate surface area is 137 Å². The van der Waals surface area contributed by atoms with Gasteiger partial charge >= 0.3 is 0 Å². The Kier molecular flexibility index (Phi) is 4.93. The Morgan fingerprint density at radius 3 is 2.30 bits per heavy atom. The quantitative estimate of drug-likeness (QED) is 0.940. The molecule has 0 spiro atoms. The van der Waals surface area contributed by atoms with Crippen molar-refractivity contribution in [1.82, 2.24) is 4.90 Å². The van der Waals surface area contributed by atoms with Crippen molar-refractivity contribution in [1.29, 1.82) is 0 Å². The summed E-state index contributed by atoms with van der Waals surface area (Å²) in [5.41, 5.74) is 1.19. The molecule has 4 nitrogen and oxygen atoms in total. The van der Waals surface area contributed by atoms with E-state index in [-0.39, 0.29) is 11.7 Å². The van der Waals surface area contributed by atoms with Crippen LogP contribution in [0.3, 0.4) is 0 Å². The molecule has 0 unspecified atom stereocenters. The average molecular weight is 310 g/mol. The highest BCUT2D eigenvalue weighted by Gasteiger charge is 2.23. The van der Waals surface area contributed by atoms with Gasteiger partial charge < -0.3 is 5.11 Å². The normalized spacial score (nSPS) is 15.3. The zero-order valence-electron chi connectivity index (χ0n) is 13.2. The van der Waals surface area contributed by atoms with E-state index in [1.165, 1.54) is 19.3 Å². The molecule has 2 aromatic carbocycles. The van der Waals surface area contributed by atoms with Crippen molar-refractivity contribution in [2.75, 3.05) is 24.7 Å². The van der Waals surface area contributed by atoms with Gasteiger partial charge in [-0.1, -0.05) is 36.8 Å². The number of amides is 1. The van der Waals surface area contributed by atoms with Gasteiger partial charge in [0.15, 0.2) is 0 Å². The zero-order valence-corrected chi connectivity index (χ0v) is 13.2. The van der Waals surface area contributed by atoms with E-state index in [2.05, 4.69) is 4.90 Å². The molecule has 0 atom stereocenters. The highest BCUT2D eigenvalue weighted by Crippen LogP contribution is 2.23. The topological polar surface area (TPSA) is 43.8 Å². The minimum Gasteiger partial charge on any atom is -0.507 e. The SMILES string of the molecule is O=C(c1ccccc1O)N(CN1CCCCC1)c1ccccc1. The molecular weight excluding hydrogens is 288 g/mol. The Balaban J connectivity index is 1.88. The van der Waals surface area contributed by atoms with Crippen LogP contribution in [0.25, 0.3) is 0 Å². The second-order valence-corrected chi connectivity index (χ2v) is 5.91. The molecule has 1 N–H and O–H groups in total. The van der Waals surface area contributed by atoms with E-state index < -0.39 is 0 Å². The number of phenolic OH excluding ortho intramolecular Hbond substituents is 1. The third-order valence-electron chi connectivity index (χ3n) is 4.24. The first-order chi connectivity index (χ1) is 11.3. The number of hydrogen-bond acceptors (Lipinski definition) is 3. The number of likely N-dealkylation sites (tertiary alicyclic amines) is 1. The van der Waals surface area contributed by atoms with Crippen LogP contribution >= 0.6 is 0 Å². The molecule has 0 bridgehead atoms. The fourth-order valence-corrected chi connectivity index (χ4v) is 2.97. The van der Waals surface area contributed by atoms with E-state index in [1.807, 2.05) is 30.3 Å². The average Bonchev–Trinajstić information content (AvgIpc) is 2.61. The van der Waals surface area contributed by atoms with Gasteiger partial charge in [0, 0.05) is 5.69 Å². The summed E-state index contributed by atoms with van der Waals surface area (Å²) < 4.78 is 0. The van der Waals surface area contributed by atoms with Gasteiger partial charge in [0.25, 0.3) is 5.91 Å². The number of hydrogen-bond donors (Lipinski definition) is 1. The van der Waals surface area contributed by atoms with E-state index in [0.717, 1.165) is 18.8 Å². The molecule has 4 heteroatoms. The molecule has 1 fully saturated rings. The lowest BCUT2D eigenvalue weighted by molar-refractivity contribution is 0.0959. The number of aromatic hydroxyl groups is 1. The maximum Gasteiger partial charge on any atom is 0.263 e. The van der Waals surface area contributed by atoms with Gasteiger partial charge in [0.2, 0.25) is 0 Å². The predicted molar refractivity (Wildman–Crippen MR) is 91.6 cm³/mol. The summed E-state index contributed by atoms with van der Waals surface area (Å²) in [5.74, 6) is -0.142. The Bertz CT molecular complexity index is 651. The number of rotatable bonds is 4. The van der Waals surface area contributed by atoms with Crippen molar-refractivity contribution in [3.8, 4) is 5.75 Å². The van der Waals surface area contributed by atoms with E-state index >= 15 is 0 Å². The molecular formula is C19H22N2O2. The Morgan fingerprint density at radius 2 is 1.61 bits per heavy atom. The number of nitrogens with zero attached hydrogens (tertiary/aromatic N) is 2. The summed E-state index contributed by atoms with van der Waals surface area (Å²) >= 11 is 0. The lowest BCUT2D eigenvalue weighted by Crippen LogP contribution is -2.43. The van der Waals surface area contributed by atoms with Crippen molar-refractivity contribution < 1.29 is 9.90 Å². The van der Waals surface area contributed by atoms with Gasteiger partial charge in [0.05, 0.1) is 12.2 Å². The number of carbonyl (C=O) groups excluding carboxylic acids is 1. The van der Waals surface area contributed by atoms with Gasteiger partial charge in [-0.05, 0) is 50.2 Å². The monoisotopic (exact) mass is 310 g/mol. The highest BCUT2D eigenvalue weighted by atomic mass is 16.3. The van der Waals surface area contributed by atoms with Crippen molar-refractivity contribution in [3.05, 3.63) is 60.2 Å². The van der Waals surface area contributed by atoms with Gasteiger partial charge in [0.1, 0.15) is 5.75 Å². The molecule has 0 aliphatic carbocycles. The molecule has 1 heterocycles. The number of para-hydroxylation sites is 2. The molecule has 1 aliphatic heterocycles. The zero-order chi connectivity index (χ0) is 16.1. The van der Waals surface area contributed by atoms with E-state index in [4.69, 9.17) is 0 Å². The molecule has 0 saturated carbocycles. The smallest absolute Gasteiger partial charge is 0.263 e. The maximum absolute atomic E-state index is 13.0. The second-order valence-electron chi connectivity index (χ2n) is 5.91. The Hall–Kier alpha value is -2.33. The number of carbonyl (C=O) groups is 1. The Morgan fingerprint density at radius 1 is 0.957 bits per heavy atom. The number of piperidine rings is 1. The number of phenols is 1.